The van der Waals surface area contributed by atoms with Crippen LogP contribution >= 0.6 is 0 Å². The maximum absolute atomic E-state index is 12.6. The van der Waals surface area contributed by atoms with E-state index in [1.165, 1.54) is 11.1 Å². The first-order chi connectivity index (χ1) is 11.4. The molecule has 0 spiro atoms. The highest BCUT2D eigenvalue weighted by Crippen LogP contribution is 2.23. The molecule has 2 aromatic carbocycles. The molecule has 3 heteroatoms. The third-order valence-electron chi connectivity index (χ3n) is 4.49. The number of esters is 1. The van der Waals surface area contributed by atoms with Crippen LogP contribution in [0, 0.1) is 13.8 Å². The molecule has 0 N–H and O–H groups in total. The molecule has 0 unspecified atom stereocenters. The van der Waals surface area contributed by atoms with Crippen molar-refractivity contribution in [3.8, 4) is 0 Å². The number of hydrogen-bond acceptors (Lipinski definition) is 3. The Balaban J connectivity index is 1.73. The van der Waals surface area contributed by atoms with Gasteiger partial charge in [0.2, 0.25) is 5.78 Å². The summed E-state index contributed by atoms with van der Waals surface area (Å²) in [6, 6.07) is 11.4. The second-order valence-electron chi connectivity index (χ2n) is 6.63. The van der Waals surface area contributed by atoms with Crippen LogP contribution in [0.1, 0.15) is 56.3 Å². The fraction of sp³-hybridized carbons (Fsp3) is 0.333. The number of carbonyl (C=O) groups is 2. The lowest BCUT2D eigenvalue weighted by molar-refractivity contribution is 0.0318. The second-order valence-corrected chi connectivity index (χ2v) is 6.63. The van der Waals surface area contributed by atoms with E-state index >= 15 is 0 Å². The summed E-state index contributed by atoms with van der Waals surface area (Å²) in [5.41, 5.74) is 5.68. The van der Waals surface area contributed by atoms with E-state index in [-0.39, 0.29) is 5.78 Å². The van der Waals surface area contributed by atoms with Gasteiger partial charge in [0, 0.05) is 5.56 Å². The molecule has 2 aromatic rings. The van der Waals surface area contributed by atoms with Crippen LogP contribution in [0.5, 0.6) is 0 Å². The van der Waals surface area contributed by atoms with Crippen LogP contribution in [-0.4, -0.2) is 17.9 Å². The average Bonchev–Trinajstić information content (AvgIpc) is 3.00. The molecule has 24 heavy (non-hydrogen) atoms. The van der Waals surface area contributed by atoms with Gasteiger partial charge < -0.3 is 4.74 Å². The molecule has 3 nitrogen and oxygen atoms in total. The predicted molar refractivity (Wildman–Crippen MR) is 93.6 cm³/mol. The van der Waals surface area contributed by atoms with Gasteiger partial charge in [-0.1, -0.05) is 29.3 Å². The molecule has 3 rings (SSSR count). The molecule has 1 aliphatic carbocycles. The number of hydrogen-bond donors (Lipinski definition) is 0. The Labute approximate surface area is 142 Å². The first-order valence-electron chi connectivity index (χ1n) is 8.39. The Bertz CT molecular complexity index is 784. The van der Waals surface area contributed by atoms with Crippen LogP contribution in [0.15, 0.2) is 36.4 Å². The van der Waals surface area contributed by atoms with Gasteiger partial charge in [-0.3, -0.25) is 4.79 Å². The van der Waals surface area contributed by atoms with Crippen molar-refractivity contribution in [2.45, 2.75) is 46.1 Å². The minimum absolute atomic E-state index is 0.151. The molecule has 0 heterocycles. The lowest BCUT2D eigenvalue weighted by atomic mass is 10.0. The number of ketones is 1. The second kappa shape index (κ2) is 6.60. The highest BCUT2D eigenvalue weighted by Gasteiger charge is 2.22. The maximum Gasteiger partial charge on any atom is 0.338 e. The van der Waals surface area contributed by atoms with Gasteiger partial charge in [-0.25, -0.2) is 4.79 Å². The van der Waals surface area contributed by atoms with Crippen molar-refractivity contribution in [3.05, 3.63) is 69.8 Å². The van der Waals surface area contributed by atoms with Crippen LogP contribution in [0.4, 0.5) is 0 Å². The molecule has 0 amide bonds. The third-order valence-corrected chi connectivity index (χ3v) is 4.49. The third kappa shape index (κ3) is 3.40. The normalized spacial score (nSPS) is 14.1. The Morgan fingerprint density at radius 1 is 0.917 bits per heavy atom. The van der Waals surface area contributed by atoms with Crippen molar-refractivity contribution < 1.29 is 14.3 Å². The summed E-state index contributed by atoms with van der Waals surface area (Å²) in [4.78, 5) is 24.9. The van der Waals surface area contributed by atoms with Crippen LogP contribution in [0.3, 0.4) is 0 Å². The number of Topliss-reactive ketones (excluding diaryl/α,β-unsaturated/α-hetero) is 1. The van der Waals surface area contributed by atoms with Crippen LogP contribution < -0.4 is 0 Å². The summed E-state index contributed by atoms with van der Waals surface area (Å²) in [5, 5.41) is 0. The first kappa shape index (κ1) is 16.4. The molecule has 0 aliphatic heterocycles. The standard InChI is InChI=1S/C21H22O3/c1-13-9-14(2)11-19(10-13)21(23)24-15(3)20(22)18-8-7-16-5-4-6-17(16)12-18/h7-12,15H,4-6H2,1-3H3/t15-/m0/s1. The zero-order valence-corrected chi connectivity index (χ0v) is 14.4. The van der Waals surface area contributed by atoms with Crippen molar-refractivity contribution in [1.82, 2.24) is 0 Å². The zero-order chi connectivity index (χ0) is 17.3. The van der Waals surface area contributed by atoms with Crippen molar-refractivity contribution >= 4 is 11.8 Å². The lowest BCUT2D eigenvalue weighted by Crippen LogP contribution is -2.24. The van der Waals surface area contributed by atoms with Gasteiger partial charge in [-0.05, 0) is 69.4 Å². The highest BCUT2D eigenvalue weighted by atomic mass is 16.5. The number of carbonyl (C=O) groups excluding carboxylic acids is 2. The average molecular weight is 322 g/mol. The fourth-order valence-corrected chi connectivity index (χ4v) is 3.33. The smallest absolute Gasteiger partial charge is 0.338 e. The fourth-order valence-electron chi connectivity index (χ4n) is 3.33. The van der Waals surface area contributed by atoms with E-state index in [1.54, 1.807) is 19.1 Å². The van der Waals surface area contributed by atoms with E-state index < -0.39 is 12.1 Å². The van der Waals surface area contributed by atoms with E-state index in [0.717, 1.165) is 30.4 Å². The van der Waals surface area contributed by atoms with Gasteiger partial charge in [0.25, 0.3) is 0 Å². The molecule has 0 bridgehead atoms. The Kier molecular flexibility index (Phi) is 4.52. The molecule has 0 fully saturated rings. The van der Waals surface area contributed by atoms with Crippen molar-refractivity contribution in [1.29, 1.82) is 0 Å². The largest absolute Gasteiger partial charge is 0.451 e. The quantitative estimate of drug-likeness (QED) is 0.625. The maximum atomic E-state index is 12.6. The summed E-state index contributed by atoms with van der Waals surface area (Å²) in [6.07, 6.45) is 2.45. The van der Waals surface area contributed by atoms with Gasteiger partial charge in [-0.2, -0.15) is 0 Å². The van der Waals surface area contributed by atoms with Crippen molar-refractivity contribution in [2.24, 2.45) is 0 Å². The molecular weight excluding hydrogens is 300 g/mol. The van der Waals surface area contributed by atoms with Gasteiger partial charge in [0.1, 0.15) is 0 Å². The van der Waals surface area contributed by atoms with Crippen molar-refractivity contribution in [3.63, 3.8) is 0 Å². The van der Waals surface area contributed by atoms with Crippen molar-refractivity contribution in [2.75, 3.05) is 0 Å². The Hall–Kier alpha value is -2.42. The monoisotopic (exact) mass is 322 g/mol. The Morgan fingerprint density at radius 2 is 1.58 bits per heavy atom. The minimum atomic E-state index is -0.794. The molecule has 0 aromatic heterocycles. The van der Waals surface area contributed by atoms with E-state index in [9.17, 15) is 9.59 Å². The van der Waals surface area contributed by atoms with Gasteiger partial charge in [-0.15, -0.1) is 0 Å². The Morgan fingerprint density at radius 3 is 2.29 bits per heavy atom. The molecule has 0 radical (unpaired) electrons. The number of fused-ring (bicyclic) bond motifs is 1. The number of benzene rings is 2. The van der Waals surface area contributed by atoms with Crippen LogP contribution in [0.25, 0.3) is 0 Å². The lowest BCUT2D eigenvalue weighted by Gasteiger charge is -2.14. The molecule has 124 valence electrons. The SMILES string of the molecule is Cc1cc(C)cc(C(=O)O[C@@H](C)C(=O)c2ccc3c(c2)CCC3)c1. The van der Waals surface area contributed by atoms with E-state index in [0.29, 0.717) is 11.1 Å². The van der Waals surface area contributed by atoms with Crippen LogP contribution in [-0.2, 0) is 17.6 Å². The molecule has 0 saturated heterocycles. The summed E-state index contributed by atoms with van der Waals surface area (Å²) < 4.78 is 5.39. The summed E-state index contributed by atoms with van der Waals surface area (Å²) in [6.45, 7) is 5.50. The predicted octanol–water partition coefficient (Wildman–Crippen LogP) is 4.22. The topological polar surface area (TPSA) is 43.4 Å². The molecule has 0 saturated carbocycles. The molecule has 1 aliphatic rings. The van der Waals surface area contributed by atoms with Gasteiger partial charge in [0.15, 0.2) is 6.10 Å². The van der Waals surface area contributed by atoms with Crippen LogP contribution in [0.2, 0.25) is 0 Å². The van der Waals surface area contributed by atoms with E-state index in [4.69, 9.17) is 4.74 Å². The van der Waals surface area contributed by atoms with E-state index in [1.807, 2.05) is 38.1 Å². The summed E-state index contributed by atoms with van der Waals surface area (Å²) in [7, 11) is 0. The highest BCUT2D eigenvalue weighted by molar-refractivity contribution is 6.01. The minimum Gasteiger partial charge on any atom is -0.451 e. The number of ether oxygens (including phenoxy) is 1. The summed E-state index contributed by atoms with van der Waals surface area (Å²) in [5.74, 6) is -0.605. The van der Waals surface area contributed by atoms with E-state index in [2.05, 4.69) is 0 Å². The zero-order valence-electron chi connectivity index (χ0n) is 14.4. The first-order valence-corrected chi connectivity index (χ1v) is 8.39. The number of rotatable bonds is 4. The summed E-state index contributed by atoms with van der Waals surface area (Å²) >= 11 is 0. The molecular formula is C21H22O3. The van der Waals surface area contributed by atoms with Gasteiger partial charge >= 0.3 is 5.97 Å². The molecule has 1 atom stereocenters. The number of aryl methyl sites for hydroxylation is 4. The van der Waals surface area contributed by atoms with Gasteiger partial charge in [0.05, 0.1) is 5.56 Å².